The van der Waals surface area contributed by atoms with Crippen LogP contribution in [0.2, 0.25) is 0 Å². The zero-order valence-corrected chi connectivity index (χ0v) is 19.2. The topological polar surface area (TPSA) is 48.9 Å². The highest BCUT2D eigenvalue weighted by Gasteiger charge is 2.25. The van der Waals surface area contributed by atoms with E-state index in [4.69, 9.17) is 4.74 Å². The van der Waals surface area contributed by atoms with Gasteiger partial charge in [0.25, 0.3) is 0 Å². The van der Waals surface area contributed by atoms with E-state index >= 15 is 0 Å². The van der Waals surface area contributed by atoms with E-state index in [1.54, 1.807) is 7.11 Å². The largest absolute Gasteiger partial charge is 0.495 e. The number of para-hydroxylation sites is 2. The number of nitrogens with zero attached hydrogens (tertiary/aromatic N) is 2. The number of hydrogen-bond acceptors (Lipinski definition) is 3. The van der Waals surface area contributed by atoms with Crippen LogP contribution in [0.25, 0.3) is 0 Å². The van der Waals surface area contributed by atoms with Crippen molar-refractivity contribution in [3.63, 3.8) is 0 Å². The smallest absolute Gasteiger partial charge is 0.191 e. The Morgan fingerprint density at radius 2 is 1.93 bits per heavy atom. The van der Waals surface area contributed by atoms with Gasteiger partial charge in [0.1, 0.15) is 5.75 Å². The Morgan fingerprint density at radius 1 is 1.19 bits per heavy atom. The van der Waals surface area contributed by atoms with Crippen molar-refractivity contribution in [3.05, 3.63) is 24.3 Å². The van der Waals surface area contributed by atoms with Gasteiger partial charge in [-0.2, -0.15) is 0 Å². The molecule has 1 aromatic rings. The molecule has 152 valence electrons. The Hall–Kier alpha value is -1.18. The SMILES string of the molecule is CN=C(NCC1CCN(c2ccccc2OC)C1)NC1CCC(C)CC1.I. The number of hydrogen-bond donors (Lipinski definition) is 2. The zero-order chi connectivity index (χ0) is 18.4. The molecular weight excluding hydrogens is 451 g/mol. The summed E-state index contributed by atoms with van der Waals surface area (Å²) in [5.41, 5.74) is 1.20. The Balaban J connectivity index is 0.00000261. The molecule has 0 amide bonds. The summed E-state index contributed by atoms with van der Waals surface area (Å²) >= 11 is 0. The van der Waals surface area contributed by atoms with Crippen LogP contribution in [0.5, 0.6) is 5.75 Å². The lowest BCUT2D eigenvalue weighted by Crippen LogP contribution is -2.46. The van der Waals surface area contributed by atoms with Crippen molar-refractivity contribution in [2.75, 3.05) is 38.7 Å². The lowest BCUT2D eigenvalue weighted by molar-refractivity contribution is 0.329. The van der Waals surface area contributed by atoms with Crippen LogP contribution in [0.1, 0.15) is 39.0 Å². The normalized spacial score (nSPS) is 25.7. The summed E-state index contributed by atoms with van der Waals surface area (Å²) < 4.78 is 5.51. The average molecular weight is 486 g/mol. The molecule has 0 aromatic heterocycles. The molecule has 1 heterocycles. The second-order valence-electron chi connectivity index (χ2n) is 7.83. The van der Waals surface area contributed by atoms with Crippen LogP contribution in [0.3, 0.4) is 0 Å². The lowest BCUT2D eigenvalue weighted by Gasteiger charge is -2.28. The molecular formula is C21H35IN4O. The molecule has 1 aliphatic heterocycles. The molecule has 6 heteroatoms. The molecule has 1 saturated carbocycles. The first-order chi connectivity index (χ1) is 12.7. The van der Waals surface area contributed by atoms with Crippen molar-refractivity contribution < 1.29 is 4.74 Å². The summed E-state index contributed by atoms with van der Waals surface area (Å²) in [5.74, 6) is 3.43. The van der Waals surface area contributed by atoms with E-state index in [-0.39, 0.29) is 24.0 Å². The van der Waals surface area contributed by atoms with E-state index in [0.29, 0.717) is 12.0 Å². The van der Waals surface area contributed by atoms with Gasteiger partial charge < -0.3 is 20.3 Å². The first kappa shape index (κ1) is 22.1. The molecule has 3 rings (SSSR count). The van der Waals surface area contributed by atoms with E-state index in [9.17, 15) is 0 Å². The Labute approximate surface area is 181 Å². The second-order valence-corrected chi connectivity index (χ2v) is 7.83. The van der Waals surface area contributed by atoms with Crippen LogP contribution >= 0.6 is 24.0 Å². The molecule has 2 N–H and O–H groups in total. The van der Waals surface area contributed by atoms with E-state index in [1.165, 1.54) is 37.8 Å². The first-order valence-corrected chi connectivity index (χ1v) is 10.0. The summed E-state index contributed by atoms with van der Waals surface area (Å²) in [6.45, 7) is 5.47. The van der Waals surface area contributed by atoms with E-state index in [2.05, 4.69) is 39.6 Å². The number of benzene rings is 1. The summed E-state index contributed by atoms with van der Waals surface area (Å²) in [5, 5.41) is 7.17. The van der Waals surface area contributed by atoms with Gasteiger partial charge in [-0.05, 0) is 56.1 Å². The fourth-order valence-electron chi connectivity index (χ4n) is 4.14. The second kappa shape index (κ2) is 11.0. The van der Waals surface area contributed by atoms with Crippen molar-refractivity contribution in [1.29, 1.82) is 0 Å². The number of methoxy groups -OCH3 is 1. The minimum absolute atomic E-state index is 0. The number of rotatable bonds is 5. The third-order valence-corrected chi connectivity index (χ3v) is 5.85. The molecule has 0 bridgehead atoms. The van der Waals surface area contributed by atoms with Gasteiger partial charge in [0.05, 0.1) is 12.8 Å². The minimum atomic E-state index is 0. The van der Waals surface area contributed by atoms with Crippen LogP contribution in [0.4, 0.5) is 5.69 Å². The standard InChI is InChI=1S/C21H34N4O.HI/c1-16-8-10-18(11-9-16)24-21(22-2)23-14-17-12-13-25(15-17)19-6-4-5-7-20(19)26-3;/h4-7,16-18H,8-15H2,1-3H3,(H2,22,23,24);1H. The lowest BCUT2D eigenvalue weighted by atomic mass is 9.87. The monoisotopic (exact) mass is 486 g/mol. The maximum atomic E-state index is 5.51. The predicted molar refractivity (Wildman–Crippen MR) is 125 cm³/mol. The highest BCUT2D eigenvalue weighted by atomic mass is 127. The van der Waals surface area contributed by atoms with Crippen LogP contribution in [0.15, 0.2) is 29.3 Å². The van der Waals surface area contributed by atoms with Gasteiger partial charge in [-0.3, -0.25) is 4.99 Å². The summed E-state index contributed by atoms with van der Waals surface area (Å²) in [4.78, 5) is 6.86. The number of halogens is 1. The molecule has 2 aliphatic rings. The molecule has 1 aliphatic carbocycles. The number of anilines is 1. The third-order valence-electron chi connectivity index (χ3n) is 5.85. The third kappa shape index (κ3) is 6.16. The van der Waals surface area contributed by atoms with Crippen molar-refractivity contribution in [3.8, 4) is 5.75 Å². The van der Waals surface area contributed by atoms with E-state index in [1.807, 2.05) is 19.2 Å². The number of ether oxygens (including phenoxy) is 1. The van der Waals surface area contributed by atoms with Gasteiger partial charge >= 0.3 is 0 Å². The fourth-order valence-corrected chi connectivity index (χ4v) is 4.14. The van der Waals surface area contributed by atoms with Gasteiger partial charge in [-0.15, -0.1) is 24.0 Å². The molecule has 5 nitrogen and oxygen atoms in total. The van der Waals surface area contributed by atoms with Crippen LogP contribution in [-0.2, 0) is 0 Å². The molecule has 0 radical (unpaired) electrons. The van der Waals surface area contributed by atoms with E-state index in [0.717, 1.165) is 37.3 Å². The number of nitrogens with one attached hydrogen (secondary N) is 2. The van der Waals surface area contributed by atoms with Crippen LogP contribution in [0, 0.1) is 11.8 Å². The molecule has 1 saturated heterocycles. The fraction of sp³-hybridized carbons (Fsp3) is 0.667. The summed E-state index contributed by atoms with van der Waals surface area (Å²) in [6.07, 6.45) is 6.36. The maximum Gasteiger partial charge on any atom is 0.191 e. The van der Waals surface area contributed by atoms with Crippen molar-refractivity contribution in [2.45, 2.75) is 45.1 Å². The summed E-state index contributed by atoms with van der Waals surface area (Å²) in [7, 11) is 3.62. The van der Waals surface area contributed by atoms with Gasteiger partial charge in [0.2, 0.25) is 0 Å². The van der Waals surface area contributed by atoms with Gasteiger partial charge in [0, 0.05) is 32.7 Å². The Morgan fingerprint density at radius 3 is 2.63 bits per heavy atom. The van der Waals surface area contributed by atoms with Crippen LogP contribution < -0.4 is 20.3 Å². The summed E-state index contributed by atoms with van der Waals surface area (Å²) in [6, 6.07) is 8.88. The number of guanidine groups is 1. The van der Waals surface area contributed by atoms with Gasteiger partial charge in [0.15, 0.2) is 5.96 Å². The highest BCUT2D eigenvalue weighted by molar-refractivity contribution is 14.0. The zero-order valence-electron chi connectivity index (χ0n) is 16.9. The average Bonchev–Trinajstić information content (AvgIpc) is 3.15. The van der Waals surface area contributed by atoms with Crippen LogP contribution in [-0.4, -0.2) is 45.8 Å². The highest BCUT2D eigenvalue weighted by Crippen LogP contribution is 2.31. The van der Waals surface area contributed by atoms with Crippen molar-refractivity contribution in [1.82, 2.24) is 10.6 Å². The molecule has 0 spiro atoms. The first-order valence-electron chi connectivity index (χ1n) is 10.0. The minimum Gasteiger partial charge on any atom is -0.495 e. The van der Waals surface area contributed by atoms with Crippen molar-refractivity contribution in [2.24, 2.45) is 16.8 Å². The van der Waals surface area contributed by atoms with E-state index < -0.39 is 0 Å². The number of aliphatic imine (C=N–C) groups is 1. The Kier molecular flexibility index (Phi) is 8.99. The predicted octanol–water partition coefficient (Wildman–Crippen LogP) is 3.88. The van der Waals surface area contributed by atoms with Crippen molar-refractivity contribution >= 4 is 35.6 Å². The molecule has 2 fully saturated rings. The van der Waals surface area contributed by atoms with Gasteiger partial charge in [-0.1, -0.05) is 19.1 Å². The quantitative estimate of drug-likeness (QED) is 0.377. The maximum absolute atomic E-state index is 5.51. The molecule has 1 atom stereocenters. The molecule has 27 heavy (non-hydrogen) atoms. The molecule has 1 unspecified atom stereocenters. The van der Waals surface area contributed by atoms with Gasteiger partial charge in [-0.25, -0.2) is 0 Å². The molecule has 1 aromatic carbocycles. The Bertz CT molecular complexity index is 602.